The Morgan fingerprint density at radius 1 is 0.723 bits per heavy atom. The molecule has 8 saturated heterocycles. The highest BCUT2D eigenvalue weighted by Crippen LogP contribution is 2.67. The van der Waals surface area contributed by atoms with Crippen LogP contribution in [0.3, 0.4) is 0 Å². The largest absolute Gasteiger partial charge is 0.432 e. The van der Waals surface area contributed by atoms with Gasteiger partial charge in [-0.1, -0.05) is 26.0 Å². The lowest BCUT2D eigenvalue weighted by Gasteiger charge is -2.63. The van der Waals surface area contributed by atoms with Gasteiger partial charge in [-0.2, -0.15) is 0 Å². The number of carbonyl (C=O) groups is 2. The van der Waals surface area contributed by atoms with Crippen LogP contribution >= 0.6 is 0 Å². The Hall–Kier alpha value is -2.15. The summed E-state index contributed by atoms with van der Waals surface area (Å²) in [5.41, 5.74) is -2.53. The van der Waals surface area contributed by atoms with E-state index in [1.807, 2.05) is 13.8 Å². The van der Waals surface area contributed by atoms with Crippen molar-refractivity contribution < 1.29 is 52.5 Å². The third-order valence-corrected chi connectivity index (χ3v) is 13.8. The molecule has 14 atom stereocenters. The minimum atomic E-state index is -1.24. The van der Waals surface area contributed by atoms with E-state index >= 15 is 0 Å². The zero-order chi connectivity index (χ0) is 32.6. The minimum absolute atomic E-state index is 0.000437. The number of hydrogen-bond donors (Lipinski definition) is 0. The molecule has 2 aliphatic carbocycles. The monoisotopic (exact) mass is 656 g/mol. The van der Waals surface area contributed by atoms with Crippen LogP contribution in [0.25, 0.3) is 0 Å². The molecule has 8 heterocycles. The predicted molar refractivity (Wildman–Crippen MR) is 158 cm³/mol. The first kappa shape index (κ1) is 30.9. The maximum atomic E-state index is 14.9. The lowest BCUT2D eigenvalue weighted by Crippen LogP contribution is -2.74. The number of carbonyl (C=O) groups excluding carboxylic acids is 2. The second kappa shape index (κ2) is 10.2. The number of halogens is 1. The standard InChI is InChI=1S/C36H45FO10/c1-19-5-11-26-23(28(38)40-30-35(26)24(19)13-15-32(3,42-30)44-46-35)18-34(17-21-7-9-22(37)10-8-21)27-12-6-20(2)25-14-16-33(4)43-31(41-29(34)39)36(25,27)47-45-33/h7-10,19-20,23-27,30-31H,5-6,11-18H2,1-4H3/t19-,20-,23+,24+,25+,26+,27+,30-,31-,32-,33-,34-,35-,36-/m1/s1. The van der Waals surface area contributed by atoms with E-state index in [4.69, 9.17) is 38.5 Å². The van der Waals surface area contributed by atoms with Gasteiger partial charge in [0.15, 0.2) is 11.2 Å². The lowest BCUT2D eigenvalue weighted by atomic mass is 9.49. The molecule has 1 aromatic carbocycles. The van der Waals surface area contributed by atoms with Crippen molar-refractivity contribution in [1.29, 1.82) is 0 Å². The Morgan fingerprint density at radius 2 is 1.32 bits per heavy atom. The van der Waals surface area contributed by atoms with Gasteiger partial charge in [0.05, 0.1) is 11.3 Å². The van der Waals surface area contributed by atoms with Gasteiger partial charge in [-0.15, -0.1) is 0 Å². The van der Waals surface area contributed by atoms with Crippen LogP contribution < -0.4 is 0 Å². The third kappa shape index (κ3) is 4.16. The van der Waals surface area contributed by atoms with Crippen LogP contribution in [0.15, 0.2) is 24.3 Å². The summed E-state index contributed by atoms with van der Waals surface area (Å²) in [6.07, 6.45) is 4.46. The normalized spacial score (nSPS) is 52.8. The van der Waals surface area contributed by atoms with Crippen molar-refractivity contribution in [2.75, 3.05) is 0 Å². The van der Waals surface area contributed by atoms with Gasteiger partial charge in [-0.25, -0.2) is 23.9 Å². The summed E-state index contributed by atoms with van der Waals surface area (Å²) in [4.78, 5) is 54.1. The first-order valence-corrected chi connectivity index (χ1v) is 17.7. The van der Waals surface area contributed by atoms with Crippen molar-refractivity contribution in [3.05, 3.63) is 35.6 Å². The van der Waals surface area contributed by atoms with Gasteiger partial charge < -0.3 is 18.9 Å². The molecule has 10 aliphatic rings. The van der Waals surface area contributed by atoms with Crippen LogP contribution in [0.4, 0.5) is 4.39 Å². The van der Waals surface area contributed by atoms with Crippen LogP contribution in [-0.4, -0.2) is 47.3 Å². The fourth-order valence-corrected chi connectivity index (χ4v) is 11.5. The van der Waals surface area contributed by atoms with Gasteiger partial charge in [0.2, 0.25) is 24.2 Å². The molecule has 2 spiro atoms. The van der Waals surface area contributed by atoms with E-state index in [-0.39, 0.29) is 42.3 Å². The van der Waals surface area contributed by atoms with Crippen molar-refractivity contribution in [2.24, 2.45) is 46.8 Å². The summed E-state index contributed by atoms with van der Waals surface area (Å²) < 4.78 is 39.6. The first-order valence-electron chi connectivity index (χ1n) is 17.7. The molecule has 2 saturated carbocycles. The van der Waals surface area contributed by atoms with Crippen LogP contribution in [0.5, 0.6) is 0 Å². The lowest BCUT2D eigenvalue weighted by molar-refractivity contribution is -0.563. The Bertz CT molecular complexity index is 1470. The highest BCUT2D eigenvalue weighted by atomic mass is 19.1. The zero-order valence-electron chi connectivity index (χ0n) is 27.5. The van der Waals surface area contributed by atoms with Gasteiger partial charge in [0.1, 0.15) is 5.82 Å². The number of fused-ring (bicyclic) bond motifs is 4. The van der Waals surface area contributed by atoms with Crippen LogP contribution in [0.2, 0.25) is 0 Å². The number of hydrogen-bond acceptors (Lipinski definition) is 10. The predicted octanol–water partition coefficient (Wildman–Crippen LogP) is 5.91. The molecule has 1 aromatic rings. The van der Waals surface area contributed by atoms with E-state index < -0.39 is 64.5 Å². The third-order valence-electron chi connectivity index (χ3n) is 13.8. The van der Waals surface area contributed by atoms with E-state index in [0.29, 0.717) is 31.6 Å². The zero-order valence-corrected chi connectivity index (χ0v) is 27.5. The molecule has 8 aliphatic heterocycles. The van der Waals surface area contributed by atoms with E-state index in [1.54, 1.807) is 12.1 Å². The van der Waals surface area contributed by atoms with Gasteiger partial charge in [-0.3, -0.25) is 9.59 Å². The number of ether oxygens (including phenoxy) is 4. The molecular formula is C36H45FO10. The summed E-state index contributed by atoms with van der Waals surface area (Å²) in [6, 6.07) is 6.23. The van der Waals surface area contributed by atoms with Crippen molar-refractivity contribution in [3.63, 3.8) is 0 Å². The molecule has 11 heteroatoms. The molecule has 0 amide bonds. The molecule has 10 fully saturated rings. The second-order valence-electron chi connectivity index (χ2n) is 16.4. The maximum absolute atomic E-state index is 14.9. The van der Waals surface area contributed by atoms with Crippen molar-refractivity contribution >= 4 is 11.9 Å². The Kier molecular flexibility index (Phi) is 6.70. The second-order valence-corrected chi connectivity index (χ2v) is 16.4. The number of benzene rings is 1. The summed E-state index contributed by atoms with van der Waals surface area (Å²) >= 11 is 0. The van der Waals surface area contributed by atoms with Crippen LogP contribution in [0, 0.1) is 52.7 Å². The molecular weight excluding hydrogens is 611 g/mol. The number of esters is 2. The first-order chi connectivity index (χ1) is 22.4. The van der Waals surface area contributed by atoms with Gasteiger partial charge >= 0.3 is 11.9 Å². The fraction of sp³-hybridized carbons (Fsp3) is 0.778. The summed E-state index contributed by atoms with van der Waals surface area (Å²) in [5, 5.41) is 0. The highest BCUT2D eigenvalue weighted by molar-refractivity contribution is 5.82. The highest BCUT2D eigenvalue weighted by Gasteiger charge is 2.77. The quantitative estimate of drug-likeness (QED) is 0.287. The summed E-state index contributed by atoms with van der Waals surface area (Å²) in [5.74, 6) is -4.06. The van der Waals surface area contributed by atoms with E-state index in [1.165, 1.54) is 12.1 Å². The number of rotatable bonds is 4. The van der Waals surface area contributed by atoms with E-state index in [2.05, 4.69) is 13.8 Å². The molecule has 10 nitrogen and oxygen atoms in total. The topological polar surface area (TPSA) is 108 Å². The molecule has 47 heavy (non-hydrogen) atoms. The van der Waals surface area contributed by atoms with Crippen LogP contribution in [-0.2, 0) is 54.5 Å². The van der Waals surface area contributed by atoms with Crippen molar-refractivity contribution in [1.82, 2.24) is 0 Å². The Balaban J connectivity index is 1.18. The van der Waals surface area contributed by atoms with Crippen LogP contribution in [0.1, 0.15) is 91.0 Å². The molecule has 256 valence electrons. The molecule has 0 aromatic heterocycles. The van der Waals surface area contributed by atoms with Gasteiger partial charge in [0.25, 0.3) is 0 Å². The maximum Gasteiger partial charge on any atom is 0.315 e. The smallest absolute Gasteiger partial charge is 0.315 e. The summed E-state index contributed by atoms with van der Waals surface area (Å²) in [6.45, 7) is 8.09. The van der Waals surface area contributed by atoms with Crippen molar-refractivity contribution in [2.45, 2.75) is 127 Å². The Labute approximate surface area is 274 Å². The Morgan fingerprint density at radius 3 is 2.00 bits per heavy atom. The van der Waals surface area contributed by atoms with Gasteiger partial charge in [0, 0.05) is 36.5 Å². The molecule has 4 bridgehead atoms. The molecule has 0 radical (unpaired) electrons. The molecule has 0 N–H and O–H groups in total. The SMILES string of the molecule is C[C@@H]1CC[C@H]2[C@H](C[C@@]3(Cc4ccc(F)cc4)C(=O)O[C@@H]4O[C@@]5(C)CC[C@H]6[C@H](C)CC[C@@H]3[C@@]46OO5)C(=O)O[C@@H]3O[C@@]4(C)CC[C@@H]1[C@]32OO4. The van der Waals surface area contributed by atoms with E-state index in [9.17, 15) is 14.0 Å². The van der Waals surface area contributed by atoms with E-state index in [0.717, 1.165) is 31.2 Å². The minimum Gasteiger partial charge on any atom is -0.432 e. The summed E-state index contributed by atoms with van der Waals surface area (Å²) in [7, 11) is 0. The molecule has 11 rings (SSSR count). The van der Waals surface area contributed by atoms with Crippen molar-refractivity contribution in [3.8, 4) is 0 Å². The average Bonchev–Trinajstić information content (AvgIpc) is 3.41. The molecule has 0 unspecified atom stereocenters. The average molecular weight is 657 g/mol. The van der Waals surface area contributed by atoms with Gasteiger partial charge in [-0.05, 0) is 94.7 Å². The fourth-order valence-electron chi connectivity index (χ4n) is 11.5.